The number of hydrogen-bond acceptors (Lipinski definition) is 5. The summed E-state index contributed by atoms with van der Waals surface area (Å²) in [6, 6.07) is 23.3. The molecule has 0 aliphatic carbocycles. The number of ether oxygens (including phenoxy) is 1. The molecule has 3 aromatic rings. The van der Waals surface area contributed by atoms with Crippen LogP contribution in [0.2, 0.25) is 0 Å². The second kappa shape index (κ2) is 10.7. The number of aryl methyl sites for hydroxylation is 1. The Morgan fingerprint density at radius 2 is 1.59 bits per heavy atom. The van der Waals surface area contributed by atoms with E-state index in [-0.39, 0.29) is 17.3 Å². The van der Waals surface area contributed by atoms with Crippen molar-refractivity contribution in [1.29, 1.82) is 0 Å². The lowest BCUT2D eigenvalue weighted by Gasteiger charge is -2.29. The van der Waals surface area contributed by atoms with Crippen molar-refractivity contribution in [3.8, 4) is 0 Å². The van der Waals surface area contributed by atoms with Gasteiger partial charge < -0.3 is 15.0 Å². The predicted octanol–water partition coefficient (Wildman–Crippen LogP) is 3.34. The van der Waals surface area contributed by atoms with Crippen LogP contribution >= 0.6 is 0 Å². The van der Waals surface area contributed by atoms with Gasteiger partial charge in [-0.1, -0.05) is 48.0 Å². The topological polar surface area (TPSA) is 79.0 Å². The van der Waals surface area contributed by atoms with Crippen LogP contribution in [-0.4, -0.2) is 47.2 Å². The Labute approximate surface area is 201 Å². The van der Waals surface area contributed by atoms with Crippen molar-refractivity contribution in [2.45, 2.75) is 18.4 Å². The van der Waals surface area contributed by atoms with Crippen molar-refractivity contribution in [2.75, 3.05) is 42.1 Å². The zero-order chi connectivity index (χ0) is 24.0. The monoisotopic (exact) mass is 479 g/mol. The minimum Gasteiger partial charge on any atom is -0.378 e. The lowest BCUT2D eigenvalue weighted by atomic mass is 10.2. The third-order valence-corrected chi connectivity index (χ3v) is 7.53. The molecular formula is C26H29N3O4S. The highest BCUT2D eigenvalue weighted by atomic mass is 32.2. The van der Waals surface area contributed by atoms with Gasteiger partial charge in [-0.2, -0.15) is 0 Å². The quantitative estimate of drug-likeness (QED) is 0.536. The maximum Gasteiger partial charge on any atom is 0.264 e. The van der Waals surface area contributed by atoms with Crippen LogP contribution in [0.5, 0.6) is 0 Å². The average Bonchev–Trinajstić information content (AvgIpc) is 2.87. The molecule has 0 atom stereocenters. The number of carbonyl (C=O) groups is 1. The fourth-order valence-corrected chi connectivity index (χ4v) is 5.20. The number of morpholine rings is 1. The van der Waals surface area contributed by atoms with Crippen molar-refractivity contribution in [3.05, 3.63) is 90.0 Å². The Bertz CT molecular complexity index is 1190. The number of anilines is 2. The molecule has 4 rings (SSSR count). The molecule has 7 nitrogen and oxygen atoms in total. The molecule has 1 heterocycles. The zero-order valence-electron chi connectivity index (χ0n) is 19.2. The normalized spacial score (nSPS) is 14.0. The van der Waals surface area contributed by atoms with E-state index in [2.05, 4.69) is 10.2 Å². The summed E-state index contributed by atoms with van der Waals surface area (Å²) in [6.07, 6.45) is 0. The van der Waals surface area contributed by atoms with Crippen molar-refractivity contribution in [2.24, 2.45) is 0 Å². The Hall–Kier alpha value is -3.36. The summed E-state index contributed by atoms with van der Waals surface area (Å²) in [5, 5.41) is 2.85. The number of para-hydroxylation sites is 1. The first-order chi connectivity index (χ1) is 16.4. The van der Waals surface area contributed by atoms with E-state index in [9.17, 15) is 13.2 Å². The van der Waals surface area contributed by atoms with Gasteiger partial charge in [0.1, 0.15) is 6.54 Å². The third-order valence-electron chi connectivity index (χ3n) is 5.74. The van der Waals surface area contributed by atoms with E-state index in [0.29, 0.717) is 12.2 Å². The van der Waals surface area contributed by atoms with Crippen LogP contribution < -0.4 is 14.5 Å². The van der Waals surface area contributed by atoms with Gasteiger partial charge in [-0.3, -0.25) is 9.10 Å². The molecule has 0 saturated carbocycles. The first kappa shape index (κ1) is 23.8. The molecule has 1 saturated heterocycles. The van der Waals surface area contributed by atoms with Crippen LogP contribution in [0.4, 0.5) is 11.4 Å². The number of amides is 1. The average molecular weight is 480 g/mol. The number of benzene rings is 3. The van der Waals surface area contributed by atoms with E-state index in [1.165, 1.54) is 0 Å². The van der Waals surface area contributed by atoms with E-state index < -0.39 is 10.0 Å². The predicted molar refractivity (Wildman–Crippen MR) is 133 cm³/mol. The van der Waals surface area contributed by atoms with E-state index in [1.54, 1.807) is 54.6 Å². The highest BCUT2D eigenvalue weighted by molar-refractivity contribution is 7.92. The van der Waals surface area contributed by atoms with Crippen LogP contribution in [-0.2, 0) is 26.1 Å². The van der Waals surface area contributed by atoms with Crippen LogP contribution in [0.3, 0.4) is 0 Å². The van der Waals surface area contributed by atoms with Gasteiger partial charge in [0.15, 0.2) is 0 Å². The lowest BCUT2D eigenvalue weighted by molar-refractivity contribution is -0.119. The Morgan fingerprint density at radius 3 is 2.24 bits per heavy atom. The molecule has 1 amide bonds. The first-order valence-corrected chi connectivity index (χ1v) is 12.7. The lowest BCUT2D eigenvalue weighted by Crippen LogP contribution is -2.40. The summed E-state index contributed by atoms with van der Waals surface area (Å²) in [6.45, 7) is 5.07. The highest BCUT2D eigenvalue weighted by Gasteiger charge is 2.27. The van der Waals surface area contributed by atoms with Crippen LogP contribution in [0.1, 0.15) is 11.1 Å². The van der Waals surface area contributed by atoms with Gasteiger partial charge in [-0.15, -0.1) is 0 Å². The fourth-order valence-electron chi connectivity index (χ4n) is 3.78. The molecule has 0 radical (unpaired) electrons. The fraction of sp³-hybridized carbons (Fsp3) is 0.269. The van der Waals surface area contributed by atoms with Crippen molar-refractivity contribution >= 4 is 27.3 Å². The first-order valence-electron chi connectivity index (χ1n) is 11.3. The second-order valence-corrected chi connectivity index (χ2v) is 10.1. The molecule has 34 heavy (non-hydrogen) atoms. The molecule has 3 aromatic carbocycles. The molecule has 0 bridgehead atoms. The molecule has 8 heteroatoms. The Morgan fingerprint density at radius 1 is 0.941 bits per heavy atom. The molecule has 1 aliphatic heterocycles. The van der Waals surface area contributed by atoms with Gasteiger partial charge in [0.05, 0.1) is 23.8 Å². The number of hydrogen-bond donors (Lipinski definition) is 1. The van der Waals surface area contributed by atoms with Gasteiger partial charge in [0.2, 0.25) is 5.91 Å². The number of carbonyl (C=O) groups excluding carboxylic acids is 1. The second-order valence-electron chi connectivity index (χ2n) is 8.20. The van der Waals surface area contributed by atoms with Crippen molar-refractivity contribution in [3.63, 3.8) is 0 Å². The third kappa shape index (κ3) is 5.76. The number of nitrogens with one attached hydrogen (secondary N) is 1. The smallest absolute Gasteiger partial charge is 0.264 e. The van der Waals surface area contributed by atoms with E-state index in [0.717, 1.165) is 47.4 Å². The largest absolute Gasteiger partial charge is 0.378 e. The molecule has 1 aliphatic rings. The maximum atomic E-state index is 13.4. The summed E-state index contributed by atoms with van der Waals surface area (Å²) in [7, 11) is -3.91. The van der Waals surface area contributed by atoms with Crippen LogP contribution in [0, 0.1) is 6.92 Å². The standard InChI is InChI=1S/C26H29N3O4S/c1-21-7-13-25(14-8-21)34(31,32)29(24-5-3-2-4-6-24)20-26(30)27-19-22-9-11-23(12-10-22)28-15-17-33-18-16-28/h2-14H,15-20H2,1H3,(H,27,30). The van der Waals surface area contributed by atoms with Crippen molar-refractivity contribution in [1.82, 2.24) is 5.32 Å². The molecule has 0 spiro atoms. The molecule has 178 valence electrons. The van der Waals surface area contributed by atoms with Crippen LogP contribution in [0.25, 0.3) is 0 Å². The number of sulfonamides is 1. The van der Waals surface area contributed by atoms with Gasteiger partial charge >= 0.3 is 0 Å². The SMILES string of the molecule is Cc1ccc(S(=O)(=O)N(CC(=O)NCc2ccc(N3CCOCC3)cc2)c2ccccc2)cc1. The summed E-state index contributed by atoms with van der Waals surface area (Å²) < 4.78 is 33.3. The van der Waals surface area contributed by atoms with E-state index in [4.69, 9.17) is 4.74 Å². The Kier molecular flexibility index (Phi) is 7.49. The van der Waals surface area contributed by atoms with Gasteiger partial charge in [-0.05, 0) is 48.9 Å². The minimum absolute atomic E-state index is 0.147. The van der Waals surface area contributed by atoms with Gasteiger partial charge in [0.25, 0.3) is 10.0 Å². The molecule has 1 fully saturated rings. The number of nitrogens with zero attached hydrogens (tertiary/aromatic N) is 2. The Balaban J connectivity index is 1.44. The van der Waals surface area contributed by atoms with Crippen LogP contribution in [0.15, 0.2) is 83.8 Å². The van der Waals surface area contributed by atoms with Crippen molar-refractivity contribution < 1.29 is 17.9 Å². The molecule has 0 unspecified atom stereocenters. The maximum absolute atomic E-state index is 13.4. The summed E-state index contributed by atoms with van der Waals surface area (Å²) in [5.74, 6) is -0.378. The van der Waals surface area contributed by atoms with Gasteiger partial charge in [0, 0.05) is 25.3 Å². The van der Waals surface area contributed by atoms with E-state index >= 15 is 0 Å². The molecule has 0 aromatic heterocycles. The van der Waals surface area contributed by atoms with E-state index in [1.807, 2.05) is 31.2 Å². The minimum atomic E-state index is -3.91. The molecule has 1 N–H and O–H groups in total. The summed E-state index contributed by atoms with van der Waals surface area (Å²) in [4.78, 5) is 15.2. The zero-order valence-corrected chi connectivity index (χ0v) is 20.0. The van der Waals surface area contributed by atoms with Gasteiger partial charge in [-0.25, -0.2) is 8.42 Å². The highest BCUT2D eigenvalue weighted by Crippen LogP contribution is 2.23. The molecular weight excluding hydrogens is 450 g/mol. The number of rotatable bonds is 8. The summed E-state index contributed by atoms with van der Waals surface area (Å²) >= 11 is 0. The summed E-state index contributed by atoms with van der Waals surface area (Å²) in [5.41, 5.74) is 3.46.